The summed E-state index contributed by atoms with van der Waals surface area (Å²) in [5.74, 6) is -0.276. The molecule has 0 radical (unpaired) electrons. The standard InChI is InChI=1S/C16H16ClFN2O2/c17-14-2-1-3-15(18)13(14)9-20-8-11-4-6-12(7-5-11)22-10-16(19)21/h1-7,20H,8-10H2,(H2,19,21). The predicted octanol–water partition coefficient (Wildman–Crippen LogP) is 2.63. The van der Waals surface area contributed by atoms with Crippen molar-refractivity contribution in [1.29, 1.82) is 0 Å². The van der Waals surface area contributed by atoms with Crippen LogP contribution in [0.1, 0.15) is 11.1 Å². The van der Waals surface area contributed by atoms with Gasteiger partial charge in [0.05, 0.1) is 0 Å². The van der Waals surface area contributed by atoms with Crippen LogP contribution in [0, 0.1) is 5.82 Å². The van der Waals surface area contributed by atoms with Crippen LogP contribution in [0.2, 0.25) is 5.02 Å². The first-order chi connectivity index (χ1) is 10.6. The quantitative estimate of drug-likeness (QED) is 0.823. The Morgan fingerprint density at radius 1 is 1.18 bits per heavy atom. The van der Waals surface area contributed by atoms with Crippen molar-refractivity contribution in [3.8, 4) is 5.75 Å². The molecular formula is C16H16ClFN2O2. The molecule has 0 aliphatic carbocycles. The van der Waals surface area contributed by atoms with E-state index in [1.165, 1.54) is 6.07 Å². The molecule has 0 aromatic heterocycles. The molecule has 0 saturated carbocycles. The van der Waals surface area contributed by atoms with E-state index < -0.39 is 5.91 Å². The smallest absolute Gasteiger partial charge is 0.255 e. The van der Waals surface area contributed by atoms with E-state index in [4.69, 9.17) is 22.1 Å². The lowest BCUT2D eigenvalue weighted by molar-refractivity contribution is -0.119. The predicted molar refractivity (Wildman–Crippen MR) is 83.1 cm³/mol. The molecular weight excluding hydrogens is 307 g/mol. The number of nitrogens with two attached hydrogens (primary N) is 1. The van der Waals surface area contributed by atoms with E-state index >= 15 is 0 Å². The number of amides is 1. The number of nitrogens with one attached hydrogen (secondary N) is 1. The highest BCUT2D eigenvalue weighted by Crippen LogP contribution is 2.19. The molecule has 3 N–H and O–H groups in total. The Labute approximate surface area is 133 Å². The summed E-state index contributed by atoms with van der Waals surface area (Å²) < 4.78 is 18.8. The van der Waals surface area contributed by atoms with Crippen molar-refractivity contribution in [3.05, 3.63) is 64.4 Å². The number of halogens is 2. The number of ether oxygens (including phenoxy) is 1. The average molecular weight is 323 g/mol. The third-order valence-corrected chi connectivity index (χ3v) is 3.35. The molecule has 2 aromatic rings. The molecule has 0 unspecified atom stereocenters. The lowest BCUT2D eigenvalue weighted by atomic mass is 10.2. The lowest BCUT2D eigenvalue weighted by Crippen LogP contribution is -2.20. The van der Waals surface area contributed by atoms with Gasteiger partial charge in [-0.2, -0.15) is 0 Å². The van der Waals surface area contributed by atoms with Crippen LogP contribution in [-0.2, 0) is 17.9 Å². The van der Waals surface area contributed by atoms with Gasteiger partial charge < -0.3 is 15.8 Å². The Bertz CT molecular complexity index is 627. The monoisotopic (exact) mass is 322 g/mol. The zero-order valence-corrected chi connectivity index (χ0v) is 12.6. The number of rotatable bonds is 7. The summed E-state index contributed by atoms with van der Waals surface area (Å²) in [5.41, 5.74) is 6.45. The van der Waals surface area contributed by atoms with Crippen LogP contribution >= 0.6 is 11.6 Å². The maximum absolute atomic E-state index is 13.6. The Balaban J connectivity index is 1.85. The van der Waals surface area contributed by atoms with E-state index in [0.717, 1.165) is 5.56 Å². The third kappa shape index (κ3) is 4.72. The molecule has 0 spiro atoms. The second kappa shape index (κ2) is 7.77. The van der Waals surface area contributed by atoms with E-state index in [9.17, 15) is 9.18 Å². The SMILES string of the molecule is NC(=O)COc1ccc(CNCc2c(F)cccc2Cl)cc1. The fourth-order valence-electron chi connectivity index (χ4n) is 1.89. The van der Waals surface area contributed by atoms with Crippen molar-refractivity contribution < 1.29 is 13.9 Å². The van der Waals surface area contributed by atoms with Crippen LogP contribution in [0.5, 0.6) is 5.75 Å². The van der Waals surface area contributed by atoms with Gasteiger partial charge in [-0.05, 0) is 29.8 Å². The highest BCUT2D eigenvalue weighted by atomic mass is 35.5. The van der Waals surface area contributed by atoms with Gasteiger partial charge in [0.1, 0.15) is 11.6 Å². The van der Waals surface area contributed by atoms with Crippen molar-refractivity contribution in [1.82, 2.24) is 5.32 Å². The molecule has 1 amide bonds. The fourth-order valence-corrected chi connectivity index (χ4v) is 2.12. The summed E-state index contributed by atoms with van der Waals surface area (Å²) in [6.45, 7) is 0.746. The first-order valence-corrected chi connectivity index (χ1v) is 7.07. The molecule has 0 aliphatic heterocycles. The largest absolute Gasteiger partial charge is 0.484 e. The molecule has 0 fully saturated rings. The summed E-state index contributed by atoms with van der Waals surface area (Å²) in [6.07, 6.45) is 0. The topological polar surface area (TPSA) is 64.4 Å². The van der Waals surface area contributed by atoms with Gasteiger partial charge in [0.15, 0.2) is 6.61 Å². The highest BCUT2D eigenvalue weighted by molar-refractivity contribution is 6.31. The van der Waals surface area contributed by atoms with Gasteiger partial charge in [0, 0.05) is 23.7 Å². The lowest BCUT2D eigenvalue weighted by Gasteiger charge is -2.09. The van der Waals surface area contributed by atoms with Crippen molar-refractivity contribution in [2.75, 3.05) is 6.61 Å². The fraction of sp³-hybridized carbons (Fsp3) is 0.188. The first kappa shape index (κ1) is 16.3. The molecule has 0 aliphatic rings. The van der Waals surface area contributed by atoms with Gasteiger partial charge in [-0.25, -0.2) is 4.39 Å². The van der Waals surface area contributed by atoms with Gasteiger partial charge >= 0.3 is 0 Å². The zero-order chi connectivity index (χ0) is 15.9. The molecule has 2 rings (SSSR count). The summed E-state index contributed by atoms with van der Waals surface area (Å²) >= 11 is 5.96. The molecule has 0 heterocycles. The van der Waals surface area contributed by atoms with Crippen LogP contribution in [-0.4, -0.2) is 12.5 Å². The molecule has 2 aromatic carbocycles. The molecule has 0 atom stereocenters. The minimum absolute atomic E-state index is 0.149. The molecule has 0 bridgehead atoms. The average Bonchev–Trinajstić information content (AvgIpc) is 2.49. The maximum atomic E-state index is 13.6. The minimum Gasteiger partial charge on any atom is -0.484 e. The van der Waals surface area contributed by atoms with Crippen LogP contribution < -0.4 is 15.8 Å². The Hall–Kier alpha value is -2.11. The number of hydrogen-bond acceptors (Lipinski definition) is 3. The van der Waals surface area contributed by atoms with Gasteiger partial charge in [-0.1, -0.05) is 29.8 Å². The van der Waals surface area contributed by atoms with Crippen molar-refractivity contribution in [2.45, 2.75) is 13.1 Å². The van der Waals surface area contributed by atoms with Gasteiger partial charge in [0.2, 0.25) is 0 Å². The minimum atomic E-state index is -0.521. The number of primary amides is 1. The summed E-state index contributed by atoms with van der Waals surface area (Å²) in [7, 11) is 0. The van der Waals surface area contributed by atoms with Gasteiger partial charge in [0.25, 0.3) is 5.91 Å². The van der Waals surface area contributed by atoms with Crippen LogP contribution in [0.15, 0.2) is 42.5 Å². The zero-order valence-electron chi connectivity index (χ0n) is 11.8. The third-order valence-electron chi connectivity index (χ3n) is 3.00. The second-order valence-corrected chi connectivity index (χ2v) is 5.11. The Morgan fingerprint density at radius 3 is 2.55 bits per heavy atom. The number of hydrogen-bond donors (Lipinski definition) is 2. The summed E-state index contributed by atoms with van der Waals surface area (Å²) in [6, 6.07) is 11.8. The van der Waals surface area contributed by atoms with Crippen LogP contribution in [0.3, 0.4) is 0 Å². The maximum Gasteiger partial charge on any atom is 0.255 e. The van der Waals surface area contributed by atoms with E-state index in [1.807, 2.05) is 12.1 Å². The van der Waals surface area contributed by atoms with Gasteiger partial charge in [-0.3, -0.25) is 4.79 Å². The molecule has 4 nitrogen and oxygen atoms in total. The number of benzene rings is 2. The number of carbonyl (C=O) groups excluding carboxylic acids is 1. The summed E-state index contributed by atoms with van der Waals surface area (Å²) in [4.78, 5) is 10.6. The van der Waals surface area contributed by atoms with E-state index in [2.05, 4.69) is 5.32 Å². The summed E-state index contributed by atoms with van der Waals surface area (Å²) in [5, 5.41) is 3.54. The Morgan fingerprint density at radius 2 is 1.91 bits per heavy atom. The van der Waals surface area contributed by atoms with Crippen LogP contribution in [0.4, 0.5) is 4.39 Å². The van der Waals surface area contributed by atoms with E-state index in [-0.39, 0.29) is 12.4 Å². The van der Waals surface area contributed by atoms with Crippen molar-refractivity contribution in [3.63, 3.8) is 0 Å². The van der Waals surface area contributed by atoms with E-state index in [1.54, 1.807) is 24.3 Å². The Kier molecular flexibility index (Phi) is 5.75. The second-order valence-electron chi connectivity index (χ2n) is 4.70. The molecule has 22 heavy (non-hydrogen) atoms. The first-order valence-electron chi connectivity index (χ1n) is 6.70. The molecule has 6 heteroatoms. The van der Waals surface area contributed by atoms with Crippen LogP contribution in [0.25, 0.3) is 0 Å². The normalized spacial score (nSPS) is 10.5. The molecule has 0 saturated heterocycles. The molecule has 116 valence electrons. The van der Waals surface area contributed by atoms with E-state index in [0.29, 0.717) is 29.4 Å². The van der Waals surface area contributed by atoms with Gasteiger partial charge in [-0.15, -0.1) is 0 Å². The number of carbonyl (C=O) groups is 1. The highest BCUT2D eigenvalue weighted by Gasteiger charge is 2.06. The van der Waals surface area contributed by atoms with Crippen molar-refractivity contribution >= 4 is 17.5 Å². The van der Waals surface area contributed by atoms with Crippen molar-refractivity contribution in [2.24, 2.45) is 5.73 Å².